The van der Waals surface area contributed by atoms with Crippen molar-refractivity contribution in [1.82, 2.24) is 9.55 Å². The average Bonchev–Trinajstić information content (AvgIpc) is 3.54. The SMILES string of the molecule is c1ccc2cc(-n3c4ccc5ccccc5c4c4c5ccccc5c5[nH]c6ccccc6c5c43)ccc2c1. The quantitative estimate of drug-likeness (QED) is 0.240. The molecule has 0 fully saturated rings. The van der Waals surface area contributed by atoms with E-state index >= 15 is 0 Å². The lowest BCUT2D eigenvalue weighted by Gasteiger charge is -2.11. The van der Waals surface area contributed by atoms with Crippen LogP contribution in [0.15, 0.2) is 127 Å². The van der Waals surface area contributed by atoms with Gasteiger partial charge in [0.25, 0.3) is 0 Å². The molecule has 176 valence electrons. The van der Waals surface area contributed by atoms with Gasteiger partial charge in [0, 0.05) is 38.1 Å². The van der Waals surface area contributed by atoms with Crippen LogP contribution in [0, 0.1) is 0 Å². The molecule has 2 aromatic heterocycles. The fourth-order valence-corrected chi connectivity index (χ4v) is 6.65. The summed E-state index contributed by atoms with van der Waals surface area (Å²) in [4.78, 5) is 3.79. The lowest BCUT2D eigenvalue weighted by molar-refractivity contribution is 1.19. The molecule has 38 heavy (non-hydrogen) atoms. The Balaban J connectivity index is 1.65. The maximum Gasteiger partial charge on any atom is 0.0647 e. The molecule has 0 saturated carbocycles. The number of para-hydroxylation sites is 1. The van der Waals surface area contributed by atoms with Crippen molar-refractivity contribution in [1.29, 1.82) is 0 Å². The van der Waals surface area contributed by atoms with Gasteiger partial charge >= 0.3 is 0 Å². The zero-order chi connectivity index (χ0) is 24.8. The standard InChI is InChI=1S/C36H22N2/c1-2-11-24-21-25(19-17-22(24)9-1)38-31-20-18-23-10-3-4-12-26(23)32(31)33-27-13-5-6-14-28(27)35-34(36(33)38)29-15-7-8-16-30(29)37-35/h1-21,37H. The van der Waals surface area contributed by atoms with E-state index in [0.29, 0.717) is 0 Å². The monoisotopic (exact) mass is 482 g/mol. The van der Waals surface area contributed by atoms with Crippen LogP contribution in [-0.4, -0.2) is 9.55 Å². The summed E-state index contributed by atoms with van der Waals surface area (Å²) in [6.07, 6.45) is 0. The molecule has 9 aromatic rings. The van der Waals surface area contributed by atoms with Crippen LogP contribution in [0.4, 0.5) is 0 Å². The smallest absolute Gasteiger partial charge is 0.0647 e. The van der Waals surface area contributed by atoms with Crippen molar-refractivity contribution >= 4 is 75.9 Å². The molecule has 7 aromatic carbocycles. The van der Waals surface area contributed by atoms with Gasteiger partial charge in [-0.1, -0.05) is 103 Å². The zero-order valence-electron chi connectivity index (χ0n) is 20.6. The Hall–Kier alpha value is -5.08. The Labute approximate surface area is 218 Å². The average molecular weight is 483 g/mol. The molecule has 0 radical (unpaired) electrons. The molecule has 0 atom stereocenters. The zero-order valence-corrected chi connectivity index (χ0v) is 20.6. The van der Waals surface area contributed by atoms with Gasteiger partial charge in [0.2, 0.25) is 0 Å². The summed E-state index contributed by atoms with van der Waals surface area (Å²) in [6, 6.07) is 46.4. The van der Waals surface area contributed by atoms with E-state index in [2.05, 4.69) is 137 Å². The molecule has 9 rings (SSSR count). The lowest BCUT2D eigenvalue weighted by Crippen LogP contribution is -1.94. The molecule has 0 amide bonds. The van der Waals surface area contributed by atoms with Gasteiger partial charge in [-0.3, -0.25) is 0 Å². The Kier molecular flexibility index (Phi) is 3.82. The van der Waals surface area contributed by atoms with E-state index < -0.39 is 0 Å². The van der Waals surface area contributed by atoms with Crippen LogP contribution < -0.4 is 0 Å². The third kappa shape index (κ3) is 2.51. The Bertz CT molecular complexity index is 2400. The molecule has 0 spiro atoms. The predicted octanol–water partition coefficient (Wildman–Crippen LogP) is 9.88. The van der Waals surface area contributed by atoms with Crippen LogP contribution in [0.5, 0.6) is 0 Å². The third-order valence-corrected chi connectivity index (χ3v) is 8.26. The molecule has 0 saturated heterocycles. The van der Waals surface area contributed by atoms with Crippen LogP contribution in [0.3, 0.4) is 0 Å². The number of nitrogens with zero attached hydrogens (tertiary/aromatic N) is 1. The lowest BCUT2D eigenvalue weighted by atomic mass is 9.97. The highest BCUT2D eigenvalue weighted by Gasteiger charge is 2.22. The second kappa shape index (κ2) is 7.24. The molecule has 1 N–H and O–H groups in total. The van der Waals surface area contributed by atoms with Crippen LogP contribution in [-0.2, 0) is 0 Å². The highest BCUT2D eigenvalue weighted by atomic mass is 15.0. The van der Waals surface area contributed by atoms with E-state index in [9.17, 15) is 0 Å². The Morgan fingerprint density at radius 2 is 1.11 bits per heavy atom. The molecular weight excluding hydrogens is 460 g/mol. The van der Waals surface area contributed by atoms with Crippen molar-refractivity contribution in [2.45, 2.75) is 0 Å². The molecule has 0 bridgehead atoms. The molecule has 0 unspecified atom stereocenters. The summed E-state index contributed by atoms with van der Waals surface area (Å²) >= 11 is 0. The number of rotatable bonds is 1. The minimum absolute atomic E-state index is 1.17. The van der Waals surface area contributed by atoms with Gasteiger partial charge in [0.1, 0.15) is 0 Å². The third-order valence-electron chi connectivity index (χ3n) is 8.26. The second-order valence-corrected chi connectivity index (χ2v) is 10.2. The Morgan fingerprint density at radius 1 is 0.447 bits per heavy atom. The van der Waals surface area contributed by atoms with Crippen molar-refractivity contribution in [2.24, 2.45) is 0 Å². The maximum atomic E-state index is 3.79. The van der Waals surface area contributed by atoms with E-state index in [1.165, 1.54) is 81.6 Å². The number of fused-ring (bicyclic) bond motifs is 13. The number of hydrogen-bond acceptors (Lipinski definition) is 0. The van der Waals surface area contributed by atoms with Crippen molar-refractivity contribution in [3.63, 3.8) is 0 Å². The van der Waals surface area contributed by atoms with E-state index in [4.69, 9.17) is 0 Å². The highest BCUT2D eigenvalue weighted by molar-refractivity contribution is 6.38. The number of H-pyrrole nitrogens is 1. The first-order valence-electron chi connectivity index (χ1n) is 13.1. The summed E-state index contributed by atoms with van der Waals surface area (Å²) < 4.78 is 2.50. The molecular formula is C36H22N2. The van der Waals surface area contributed by atoms with Gasteiger partial charge in [-0.15, -0.1) is 0 Å². The first-order valence-corrected chi connectivity index (χ1v) is 13.1. The first kappa shape index (κ1) is 20.0. The van der Waals surface area contributed by atoms with Gasteiger partial charge in [-0.05, 0) is 51.2 Å². The van der Waals surface area contributed by atoms with Crippen molar-refractivity contribution in [3.8, 4) is 5.69 Å². The highest BCUT2D eigenvalue weighted by Crippen LogP contribution is 2.46. The van der Waals surface area contributed by atoms with Crippen molar-refractivity contribution in [2.75, 3.05) is 0 Å². The maximum absolute atomic E-state index is 3.79. The number of hydrogen-bond donors (Lipinski definition) is 1. The summed E-state index contributed by atoms with van der Waals surface area (Å²) in [7, 11) is 0. The normalized spacial score (nSPS) is 12.2. The van der Waals surface area contributed by atoms with E-state index in [0.717, 1.165) is 0 Å². The largest absolute Gasteiger partial charge is 0.354 e. The number of benzene rings is 7. The second-order valence-electron chi connectivity index (χ2n) is 10.2. The topological polar surface area (TPSA) is 20.7 Å². The van der Waals surface area contributed by atoms with Gasteiger partial charge < -0.3 is 9.55 Å². The minimum atomic E-state index is 1.17. The molecule has 0 aliphatic heterocycles. The van der Waals surface area contributed by atoms with Crippen LogP contribution in [0.1, 0.15) is 0 Å². The summed E-state index contributed by atoms with van der Waals surface area (Å²) in [5.41, 5.74) is 6.04. The number of aromatic nitrogens is 2. The van der Waals surface area contributed by atoms with Crippen LogP contribution >= 0.6 is 0 Å². The van der Waals surface area contributed by atoms with Gasteiger partial charge in [0.15, 0.2) is 0 Å². The summed E-state index contributed by atoms with van der Waals surface area (Å²) in [6.45, 7) is 0. The number of aromatic amines is 1. The van der Waals surface area contributed by atoms with E-state index in [-0.39, 0.29) is 0 Å². The summed E-state index contributed by atoms with van der Waals surface area (Å²) in [5.74, 6) is 0. The molecule has 0 aliphatic carbocycles. The Morgan fingerprint density at radius 3 is 1.97 bits per heavy atom. The molecule has 2 heterocycles. The van der Waals surface area contributed by atoms with E-state index in [1.54, 1.807) is 0 Å². The fraction of sp³-hybridized carbons (Fsp3) is 0. The van der Waals surface area contributed by atoms with Crippen molar-refractivity contribution in [3.05, 3.63) is 127 Å². The minimum Gasteiger partial charge on any atom is -0.354 e. The van der Waals surface area contributed by atoms with Gasteiger partial charge in [-0.25, -0.2) is 0 Å². The fourth-order valence-electron chi connectivity index (χ4n) is 6.65. The van der Waals surface area contributed by atoms with Crippen LogP contribution in [0.2, 0.25) is 0 Å². The van der Waals surface area contributed by atoms with E-state index in [1.807, 2.05) is 0 Å². The van der Waals surface area contributed by atoms with Gasteiger partial charge in [0.05, 0.1) is 16.6 Å². The van der Waals surface area contributed by atoms with Gasteiger partial charge in [-0.2, -0.15) is 0 Å². The summed E-state index contributed by atoms with van der Waals surface area (Å²) in [5, 5.41) is 12.8. The number of nitrogens with one attached hydrogen (secondary N) is 1. The van der Waals surface area contributed by atoms with Crippen LogP contribution in [0.25, 0.3) is 81.6 Å². The predicted molar refractivity (Wildman–Crippen MR) is 163 cm³/mol. The molecule has 2 heteroatoms. The van der Waals surface area contributed by atoms with Crippen molar-refractivity contribution < 1.29 is 0 Å². The molecule has 0 aliphatic rings. The first-order chi connectivity index (χ1) is 18.9. The molecule has 2 nitrogen and oxygen atoms in total.